The monoisotopic (exact) mass is 500 g/mol. The van der Waals surface area contributed by atoms with E-state index in [1.54, 1.807) is 42.5 Å². The first-order valence-electron chi connectivity index (χ1n) is 11.5. The van der Waals surface area contributed by atoms with E-state index in [1.807, 2.05) is 61.5 Å². The number of benzene rings is 4. The Balaban J connectivity index is 1.69. The first-order chi connectivity index (χ1) is 17.4. The van der Waals surface area contributed by atoms with Crippen LogP contribution in [-0.4, -0.2) is 28.0 Å². The normalized spacial score (nSPS) is 11.9. The fraction of sp³-hybridized carbons (Fsp3) is 0.138. The molecule has 0 aliphatic carbocycles. The molecule has 0 aliphatic rings. The van der Waals surface area contributed by atoms with Gasteiger partial charge >= 0.3 is 0 Å². The van der Waals surface area contributed by atoms with Gasteiger partial charge in [0.05, 0.1) is 23.7 Å². The van der Waals surface area contributed by atoms with Gasteiger partial charge in [-0.2, -0.15) is 0 Å². The van der Waals surface area contributed by atoms with Crippen LogP contribution in [0.3, 0.4) is 0 Å². The van der Waals surface area contributed by atoms with Crippen LogP contribution in [0.15, 0.2) is 114 Å². The summed E-state index contributed by atoms with van der Waals surface area (Å²) < 4.78 is 33.6. The lowest BCUT2D eigenvalue weighted by molar-refractivity contribution is -0.120. The zero-order chi connectivity index (χ0) is 25.5. The number of carbonyl (C=O) groups excluding carboxylic acids is 1. The molecule has 0 heterocycles. The van der Waals surface area contributed by atoms with Crippen LogP contribution in [0.1, 0.15) is 22.7 Å². The lowest BCUT2D eigenvalue weighted by atomic mass is 9.95. The minimum Gasteiger partial charge on any atom is -0.497 e. The van der Waals surface area contributed by atoms with Crippen LogP contribution in [0.25, 0.3) is 0 Å². The number of aryl methyl sites for hydroxylation is 1. The highest BCUT2D eigenvalue weighted by Crippen LogP contribution is 2.27. The Bertz CT molecular complexity index is 1410. The number of carbonyl (C=O) groups is 1. The van der Waals surface area contributed by atoms with Crippen molar-refractivity contribution in [1.29, 1.82) is 0 Å². The average molecular weight is 501 g/mol. The first-order valence-corrected chi connectivity index (χ1v) is 13.0. The summed E-state index contributed by atoms with van der Waals surface area (Å²) in [6, 6.07) is 31.7. The van der Waals surface area contributed by atoms with E-state index >= 15 is 0 Å². The summed E-state index contributed by atoms with van der Waals surface area (Å²) in [4.78, 5) is 13.6. The molecular weight excluding hydrogens is 472 g/mol. The fourth-order valence-corrected chi connectivity index (χ4v) is 5.46. The van der Waals surface area contributed by atoms with Crippen LogP contribution in [0.4, 0.5) is 5.69 Å². The summed E-state index contributed by atoms with van der Waals surface area (Å²) in [6.45, 7) is 1.60. The van der Waals surface area contributed by atoms with Crippen LogP contribution < -0.4 is 14.4 Å². The third kappa shape index (κ3) is 5.58. The Hall–Kier alpha value is -4.10. The maximum atomic E-state index is 13.6. The molecule has 0 saturated carbocycles. The SMILES string of the molecule is COc1ccc(N(CC(=O)N[C@H](c2ccccc2)c2ccccc2C)S(=O)(=O)c2ccccc2)cc1. The summed E-state index contributed by atoms with van der Waals surface area (Å²) in [5.74, 6) is 0.159. The lowest BCUT2D eigenvalue weighted by Gasteiger charge is -2.27. The van der Waals surface area contributed by atoms with Gasteiger partial charge in [-0.3, -0.25) is 9.10 Å². The minimum atomic E-state index is -4.01. The van der Waals surface area contributed by atoms with E-state index in [1.165, 1.54) is 19.2 Å². The third-order valence-electron chi connectivity index (χ3n) is 5.92. The Kier molecular flexibility index (Phi) is 7.71. The largest absolute Gasteiger partial charge is 0.497 e. The quantitative estimate of drug-likeness (QED) is 0.347. The number of methoxy groups -OCH3 is 1. The summed E-state index contributed by atoms with van der Waals surface area (Å²) in [7, 11) is -2.47. The molecule has 0 aliphatic heterocycles. The van der Waals surface area contributed by atoms with Crippen molar-refractivity contribution in [2.45, 2.75) is 17.9 Å². The Morgan fingerprint density at radius 1 is 0.833 bits per heavy atom. The van der Waals surface area contributed by atoms with E-state index in [9.17, 15) is 13.2 Å². The van der Waals surface area contributed by atoms with E-state index in [0.29, 0.717) is 11.4 Å². The van der Waals surface area contributed by atoms with Gasteiger partial charge in [-0.25, -0.2) is 8.42 Å². The highest BCUT2D eigenvalue weighted by atomic mass is 32.2. The molecule has 4 rings (SSSR count). The second-order valence-corrected chi connectivity index (χ2v) is 10.2. The standard InChI is InChI=1S/C29H28N2O4S/c1-22-11-9-10-16-27(22)29(23-12-5-3-6-13-23)30-28(32)21-31(24-17-19-25(35-2)20-18-24)36(33,34)26-14-7-4-8-15-26/h3-20,29H,21H2,1-2H3,(H,30,32)/t29-/m1/s1. The fourth-order valence-electron chi connectivity index (χ4n) is 4.02. The third-order valence-corrected chi connectivity index (χ3v) is 7.70. The maximum Gasteiger partial charge on any atom is 0.264 e. The van der Waals surface area contributed by atoms with Gasteiger partial charge in [0, 0.05) is 0 Å². The van der Waals surface area contributed by atoms with Gasteiger partial charge < -0.3 is 10.1 Å². The van der Waals surface area contributed by atoms with Crippen LogP contribution in [0.5, 0.6) is 5.75 Å². The molecule has 0 unspecified atom stereocenters. The number of nitrogens with zero attached hydrogens (tertiary/aromatic N) is 1. The number of amides is 1. The zero-order valence-electron chi connectivity index (χ0n) is 20.2. The molecule has 7 heteroatoms. The number of ether oxygens (including phenoxy) is 1. The molecule has 184 valence electrons. The van der Waals surface area contributed by atoms with E-state index < -0.39 is 28.5 Å². The number of anilines is 1. The second-order valence-electron chi connectivity index (χ2n) is 8.29. The highest BCUT2D eigenvalue weighted by molar-refractivity contribution is 7.92. The topological polar surface area (TPSA) is 75.7 Å². The van der Waals surface area contributed by atoms with Crippen molar-refractivity contribution in [3.05, 3.63) is 126 Å². The van der Waals surface area contributed by atoms with Gasteiger partial charge in [0.25, 0.3) is 10.0 Å². The Morgan fingerprint density at radius 3 is 2.03 bits per heavy atom. The molecule has 0 bridgehead atoms. The molecule has 0 radical (unpaired) electrons. The van der Waals surface area contributed by atoms with E-state index in [4.69, 9.17) is 4.74 Å². The number of hydrogen-bond acceptors (Lipinski definition) is 4. The van der Waals surface area contributed by atoms with Gasteiger partial charge in [0.2, 0.25) is 5.91 Å². The first kappa shape index (κ1) is 25.0. The van der Waals surface area contributed by atoms with Crippen molar-refractivity contribution in [2.75, 3.05) is 18.0 Å². The summed E-state index contributed by atoms with van der Waals surface area (Å²) >= 11 is 0. The van der Waals surface area contributed by atoms with Crippen molar-refractivity contribution in [3.63, 3.8) is 0 Å². The average Bonchev–Trinajstić information content (AvgIpc) is 2.92. The molecule has 1 N–H and O–H groups in total. The summed E-state index contributed by atoms with van der Waals surface area (Å²) in [6.07, 6.45) is 0. The predicted molar refractivity (Wildman–Crippen MR) is 142 cm³/mol. The van der Waals surface area contributed by atoms with Gasteiger partial charge in [-0.15, -0.1) is 0 Å². The van der Waals surface area contributed by atoms with E-state index in [0.717, 1.165) is 21.0 Å². The van der Waals surface area contributed by atoms with Crippen LogP contribution >= 0.6 is 0 Å². The zero-order valence-corrected chi connectivity index (χ0v) is 21.0. The molecule has 1 atom stereocenters. The maximum absolute atomic E-state index is 13.6. The van der Waals surface area contributed by atoms with Gasteiger partial charge in [-0.05, 0) is 60.0 Å². The van der Waals surface area contributed by atoms with E-state index in [2.05, 4.69) is 5.32 Å². The Morgan fingerprint density at radius 2 is 1.42 bits per heavy atom. The van der Waals surface area contributed by atoms with Crippen LogP contribution in [0.2, 0.25) is 0 Å². The van der Waals surface area contributed by atoms with Crippen molar-refractivity contribution in [1.82, 2.24) is 5.32 Å². The number of nitrogens with one attached hydrogen (secondary N) is 1. The molecule has 6 nitrogen and oxygen atoms in total. The summed E-state index contributed by atoms with van der Waals surface area (Å²) in [5.41, 5.74) is 3.23. The van der Waals surface area contributed by atoms with Gasteiger partial charge in [-0.1, -0.05) is 72.8 Å². The molecule has 4 aromatic rings. The smallest absolute Gasteiger partial charge is 0.264 e. The molecule has 0 saturated heterocycles. The van der Waals surface area contributed by atoms with E-state index in [-0.39, 0.29) is 4.90 Å². The molecule has 0 aromatic heterocycles. The summed E-state index contributed by atoms with van der Waals surface area (Å²) in [5, 5.41) is 3.07. The van der Waals surface area contributed by atoms with Crippen LogP contribution in [-0.2, 0) is 14.8 Å². The van der Waals surface area contributed by atoms with Crippen molar-refractivity contribution in [2.24, 2.45) is 0 Å². The second kappa shape index (κ2) is 11.1. The number of rotatable bonds is 9. The molecule has 4 aromatic carbocycles. The number of hydrogen-bond donors (Lipinski definition) is 1. The Labute approximate surface area is 212 Å². The van der Waals surface area contributed by atoms with Crippen molar-refractivity contribution < 1.29 is 17.9 Å². The minimum absolute atomic E-state index is 0.104. The highest BCUT2D eigenvalue weighted by Gasteiger charge is 2.28. The van der Waals surface area contributed by atoms with Crippen LogP contribution in [0, 0.1) is 6.92 Å². The van der Waals surface area contributed by atoms with Crippen molar-refractivity contribution >= 4 is 21.6 Å². The van der Waals surface area contributed by atoms with Gasteiger partial charge in [0.15, 0.2) is 0 Å². The van der Waals surface area contributed by atoms with Gasteiger partial charge in [0.1, 0.15) is 12.3 Å². The van der Waals surface area contributed by atoms with Crippen molar-refractivity contribution in [3.8, 4) is 5.75 Å². The molecular formula is C29H28N2O4S. The predicted octanol–water partition coefficient (Wildman–Crippen LogP) is 5.10. The number of sulfonamides is 1. The molecule has 0 fully saturated rings. The molecule has 36 heavy (non-hydrogen) atoms. The lowest BCUT2D eigenvalue weighted by Crippen LogP contribution is -2.42. The molecule has 1 amide bonds. The molecule has 0 spiro atoms.